The molecule has 1 aromatic rings. The van der Waals surface area contributed by atoms with Gasteiger partial charge < -0.3 is 24.1 Å². The van der Waals surface area contributed by atoms with Crippen molar-refractivity contribution < 1.29 is 24.1 Å². The molecule has 0 saturated carbocycles. The first-order valence-electron chi connectivity index (χ1n) is 7.27. The van der Waals surface area contributed by atoms with Gasteiger partial charge in [0.05, 0.1) is 26.9 Å². The lowest BCUT2D eigenvalue weighted by molar-refractivity contribution is -0.196. The van der Waals surface area contributed by atoms with Crippen molar-refractivity contribution in [1.29, 1.82) is 0 Å². The van der Waals surface area contributed by atoms with Crippen molar-refractivity contribution in [3.05, 3.63) is 42.5 Å². The van der Waals surface area contributed by atoms with E-state index in [2.05, 4.69) is 6.58 Å². The highest BCUT2D eigenvalue weighted by molar-refractivity contribution is 5.26. The van der Waals surface area contributed by atoms with Gasteiger partial charge in [0, 0.05) is 0 Å². The number of rotatable bonds is 7. The first kappa shape index (κ1) is 17.0. The van der Waals surface area contributed by atoms with Crippen molar-refractivity contribution >= 4 is 0 Å². The second-order valence-corrected chi connectivity index (χ2v) is 5.83. The fraction of sp³-hybridized carbons (Fsp3) is 0.529. The Hall–Kier alpha value is -1.40. The number of ether oxygens (including phenoxy) is 4. The summed E-state index contributed by atoms with van der Waals surface area (Å²) in [6, 6.07) is 7.62. The number of hydrogen-bond acceptors (Lipinski definition) is 5. The number of aliphatic hydroxyl groups excluding tert-OH is 1. The third kappa shape index (κ3) is 3.67. The van der Waals surface area contributed by atoms with Gasteiger partial charge in [-0.25, -0.2) is 0 Å². The molecule has 122 valence electrons. The molecule has 1 aliphatic rings. The molecule has 0 spiro atoms. The van der Waals surface area contributed by atoms with Crippen LogP contribution in [0.3, 0.4) is 0 Å². The van der Waals surface area contributed by atoms with Crippen molar-refractivity contribution in [2.45, 2.75) is 37.9 Å². The van der Waals surface area contributed by atoms with Gasteiger partial charge in [-0.2, -0.15) is 0 Å². The molecule has 2 atom stereocenters. The predicted molar refractivity (Wildman–Crippen MR) is 82.7 cm³/mol. The van der Waals surface area contributed by atoms with E-state index >= 15 is 0 Å². The Kier molecular flexibility index (Phi) is 5.24. The zero-order chi connectivity index (χ0) is 16.2. The van der Waals surface area contributed by atoms with Crippen LogP contribution >= 0.6 is 0 Å². The largest absolute Gasteiger partial charge is 0.497 e. The van der Waals surface area contributed by atoms with Crippen LogP contribution in [-0.4, -0.2) is 42.9 Å². The van der Waals surface area contributed by atoms with Gasteiger partial charge in [0.2, 0.25) is 0 Å². The normalized spacial score (nSPS) is 24.9. The first-order valence-corrected chi connectivity index (χ1v) is 7.27. The smallest absolute Gasteiger partial charge is 0.164 e. The van der Waals surface area contributed by atoms with Gasteiger partial charge in [-0.3, -0.25) is 0 Å². The molecule has 2 rings (SSSR count). The minimum Gasteiger partial charge on any atom is -0.497 e. The Bertz CT molecular complexity index is 496. The molecular formula is C17H24O5. The van der Waals surface area contributed by atoms with Gasteiger partial charge >= 0.3 is 0 Å². The van der Waals surface area contributed by atoms with Crippen molar-refractivity contribution in [3.63, 3.8) is 0 Å². The molecule has 1 fully saturated rings. The van der Waals surface area contributed by atoms with Crippen LogP contribution in [0, 0.1) is 0 Å². The van der Waals surface area contributed by atoms with Crippen LogP contribution in [0.2, 0.25) is 0 Å². The standard InChI is InChI=1S/C17H24O5/c1-5-15(17(11-18)12-21-16(2,3)22-17)20-10-13-6-8-14(19-4)9-7-13/h5-9,15,18H,1,10-12H2,2-4H3/t15-,17?/m1/s1. The molecule has 1 aromatic carbocycles. The summed E-state index contributed by atoms with van der Waals surface area (Å²) < 4.78 is 22.5. The van der Waals surface area contributed by atoms with Gasteiger partial charge in [-0.1, -0.05) is 18.2 Å². The molecular weight excluding hydrogens is 284 g/mol. The maximum Gasteiger partial charge on any atom is 0.164 e. The summed E-state index contributed by atoms with van der Waals surface area (Å²) in [5.41, 5.74) is 0.0801. The number of aliphatic hydroxyl groups is 1. The van der Waals surface area contributed by atoms with E-state index in [9.17, 15) is 5.11 Å². The van der Waals surface area contributed by atoms with Crippen LogP contribution in [0.15, 0.2) is 36.9 Å². The average Bonchev–Trinajstić information content (AvgIpc) is 2.85. The summed E-state index contributed by atoms with van der Waals surface area (Å²) in [5.74, 6) is 0.0538. The Balaban J connectivity index is 2.03. The Morgan fingerprint density at radius 2 is 2.05 bits per heavy atom. The molecule has 0 radical (unpaired) electrons. The van der Waals surface area contributed by atoms with E-state index in [1.165, 1.54) is 0 Å². The minimum absolute atomic E-state index is 0.199. The van der Waals surface area contributed by atoms with E-state index in [-0.39, 0.29) is 13.2 Å². The Labute approximate surface area is 131 Å². The highest BCUT2D eigenvalue weighted by Crippen LogP contribution is 2.35. The van der Waals surface area contributed by atoms with Gasteiger partial charge in [0.15, 0.2) is 5.79 Å². The van der Waals surface area contributed by atoms with E-state index in [1.54, 1.807) is 13.2 Å². The SMILES string of the molecule is C=C[C@@H](OCc1ccc(OC)cc1)C1(CO)COC(C)(C)O1. The highest BCUT2D eigenvalue weighted by atomic mass is 16.8. The maximum atomic E-state index is 9.77. The highest BCUT2D eigenvalue weighted by Gasteiger charge is 2.50. The lowest BCUT2D eigenvalue weighted by Crippen LogP contribution is -2.49. The van der Waals surface area contributed by atoms with Gasteiger partial charge in [0.1, 0.15) is 17.5 Å². The summed E-state index contributed by atoms with van der Waals surface area (Å²) >= 11 is 0. The van der Waals surface area contributed by atoms with Crippen molar-refractivity contribution in [1.82, 2.24) is 0 Å². The van der Waals surface area contributed by atoms with Crippen LogP contribution in [0.4, 0.5) is 0 Å². The first-order chi connectivity index (χ1) is 10.4. The molecule has 5 heteroatoms. The average molecular weight is 308 g/mol. The van der Waals surface area contributed by atoms with E-state index in [0.717, 1.165) is 11.3 Å². The molecule has 0 bridgehead atoms. The zero-order valence-corrected chi connectivity index (χ0v) is 13.4. The predicted octanol–water partition coefficient (Wildman–Crippen LogP) is 2.28. The monoisotopic (exact) mass is 308 g/mol. The second kappa shape index (κ2) is 6.79. The van der Waals surface area contributed by atoms with E-state index in [4.69, 9.17) is 18.9 Å². The summed E-state index contributed by atoms with van der Waals surface area (Å²) in [7, 11) is 1.63. The summed E-state index contributed by atoms with van der Waals surface area (Å²) in [6.07, 6.45) is 1.17. The molecule has 1 saturated heterocycles. The summed E-state index contributed by atoms with van der Waals surface area (Å²) in [6.45, 7) is 7.86. The van der Waals surface area contributed by atoms with Gasteiger partial charge in [0.25, 0.3) is 0 Å². The van der Waals surface area contributed by atoms with Crippen LogP contribution in [0.1, 0.15) is 19.4 Å². The summed E-state index contributed by atoms with van der Waals surface area (Å²) in [4.78, 5) is 0. The molecule has 0 amide bonds. The molecule has 1 unspecified atom stereocenters. The van der Waals surface area contributed by atoms with E-state index < -0.39 is 17.5 Å². The third-order valence-electron chi connectivity index (χ3n) is 3.70. The van der Waals surface area contributed by atoms with Crippen LogP contribution < -0.4 is 4.74 Å². The molecule has 1 N–H and O–H groups in total. The minimum atomic E-state index is -0.919. The van der Waals surface area contributed by atoms with Crippen LogP contribution in [-0.2, 0) is 20.8 Å². The van der Waals surface area contributed by atoms with Crippen LogP contribution in [0.5, 0.6) is 5.75 Å². The van der Waals surface area contributed by atoms with Crippen molar-refractivity contribution in [2.24, 2.45) is 0 Å². The van der Waals surface area contributed by atoms with E-state index in [0.29, 0.717) is 6.61 Å². The molecule has 0 aliphatic carbocycles. The molecule has 0 aromatic heterocycles. The van der Waals surface area contributed by atoms with Gasteiger partial charge in [-0.05, 0) is 31.5 Å². The Morgan fingerprint density at radius 3 is 2.50 bits per heavy atom. The molecule has 1 aliphatic heterocycles. The van der Waals surface area contributed by atoms with Gasteiger partial charge in [-0.15, -0.1) is 6.58 Å². The lowest BCUT2D eigenvalue weighted by atomic mass is 9.98. The third-order valence-corrected chi connectivity index (χ3v) is 3.70. The quantitative estimate of drug-likeness (QED) is 0.783. The van der Waals surface area contributed by atoms with E-state index in [1.807, 2.05) is 38.1 Å². The van der Waals surface area contributed by atoms with Crippen molar-refractivity contribution in [2.75, 3.05) is 20.3 Å². The van der Waals surface area contributed by atoms with Crippen LogP contribution in [0.25, 0.3) is 0 Å². The maximum absolute atomic E-state index is 9.77. The fourth-order valence-corrected chi connectivity index (χ4v) is 2.49. The Morgan fingerprint density at radius 1 is 1.36 bits per heavy atom. The molecule has 5 nitrogen and oxygen atoms in total. The molecule has 22 heavy (non-hydrogen) atoms. The number of methoxy groups -OCH3 is 1. The molecule has 1 heterocycles. The fourth-order valence-electron chi connectivity index (χ4n) is 2.49. The topological polar surface area (TPSA) is 57.2 Å². The second-order valence-electron chi connectivity index (χ2n) is 5.83. The lowest BCUT2D eigenvalue weighted by Gasteiger charge is -2.33. The zero-order valence-electron chi connectivity index (χ0n) is 13.4. The summed E-state index contributed by atoms with van der Waals surface area (Å²) in [5, 5.41) is 9.77. The number of benzene rings is 1. The number of hydrogen-bond donors (Lipinski definition) is 1. The van der Waals surface area contributed by atoms with Crippen molar-refractivity contribution in [3.8, 4) is 5.75 Å².